The maximum Gasteiger partial charge on any atom is 0.345 e. The minimum absolute atomic E-state index is 0.152. The number of hydrogen-bond donors (Lipinski definition) is 2. The first kappa shape index (κ1) is 15.4. The predicted molar refractivity (Wildman–Crippen MR) is 94.3 cm³/mol. The van der Waals surface area contributed by atoms with Crippen LogP contribution in [0, 0.1) is 0 Å². The largest absolute Gasteiger partial charge is 0.477 e. The monoisotopic (exact) mass is 341 g/mol. The van der Waals surface area contributed by atoms with Crippen LogP contribution in [0.2, 0.25) is 0 Å². The van der Waals surface area contributed by atoms with E-state index in [1.807, 2.05) is 12.1 Å². The Morgan fingerprint density at radius 3 is 2.33 bits per heavy atom. The number of carboxylic acid groups (broad SMARTS) is 1. The van der Waals surface area contributed by atoms with E-state index in [0.717, 1.165) is 24.2 Å². The van der Waals surface area contributed by atoms with Crippen molar-refractivity contribution >= 4 is 28.2 Å². The van der Waals surface area contributed by atoms with Gasteiger partial charge in [-0.3, -0.25) is 4.79 Å². The van der Waals surface area contributed by atoms with E-state index < -0.39 is 5.97 Å². The quantitative estimate of drug-likeness (QED) is 0.866. The summed E-state index contributed by atoms with van der Waals surface area (Å²) in [4.78, 5) is 23.8. The number of rotatable bonds is 3. The van der Waals surface area contributed by atoms with Crippen molar-refractivity contribution in [2.24, 2.45) is 0 Å². The Morgan fingerprint density at radius 1 is 1.08 bits per heavy atom. The van der Waals surface area contributed by atoms with Crippen LogP contribution in [0.4, 0.5) is 5.00 Å². The van der Waals surface area contributed by atoms with Crippen LogP contribution in [0.1, 0.15) is 68.3 Å². The highest BCUT2D eigenvalue weighted by atomic mass is 32.1. The molecule has 0 bridgehead atoms. The Labute approximate surface area is 144 Å². The predicted octanol–water partition coefficient (Wildman–Crippen LogP) is 4.45. The summed E-state index contributed by atoms with van der Waals surface area (Å²) in [5.41, 5.74) is 4.88. The van der Waals surface area contributed by atoms with Crippen LogP contribution in [0.5, 0.6) is 0 Å². The Kier molecular flexibility index (Phi) is 3.88. The lowest BCUT2D eigenvalue weighted by atomic mass is 9.73. The molecule has 124 valence electrons. The highest BCUT2D eigenvalue weighted by Crippen LogP contribution is 2.41. The van der Waals surface area contributed by atoms with E-state index in [1.165, 1.54) is 48.4 Å². The molecule has 5 heteroatoms. The summed E-state index contributed by atoms with van der Waals surface area (Å²) in [6.45, 7) is 0. The average Bonchev–Trinajstić information content (AvgIpc) is 3.04. The summed E-state index contributed by atoms with van der Waals surface area (Å²) >= 11 is 1.08. The number of aryl methyl sites for hydroxylation is 2. The zero-order chi connectivity index (χ0) is 16.7. The number of aromatic carboxylic acids is 1. The molecule has 1 aromatic heterocycles. The van der Waals surface area contributed by atoms with Crippen molar-refractivity contribution in [3.05, 3.63) is 51.4 Å². The van der Waals surface area contributed by atoms with Gasteiger partial charge in [0.2, 0.25) is 0 Å². The van der Waals surface area contributed by atoms with Crippen LogP contribution in [0.25, 0.3) is 0 Å². The fourth-order valence-electron chi connectivity index (χ4n) is 4.06. The van der Waals surface area contributed by atoms with Crippen LogP contribution in [0.15, 0.2) is 24.3 Å². The molecule has 2 aliphatic rings. The van der Waals surface area contributed by atoms with E-state index >= 15 is 0 Å². The third kappa shape index (κ3) is 2.73. The molecule has 0 radical (unpaired) electrons. The summed E-state index contributed by atoms with van der Waals surface area (Å²) in [7, 11) is 0. The van der Waals surface area contributed by atoms with Gasteiger partial charge in [-0.05, 0) is 85.4 Å². The van der Waals surface area contributed by atoms with Crippen molar-refractivity contribution in [2.45, 2.75) is 44.4 Å². The van der Waals surface area contributed by atoms with Crippen molar-refractivity contribution in [1.29, 1.82) is 0 Å². The number of hydrogen-bond acceptors (Lipinski definition) is 3. The molecule has 24 heavy (non-hydrogen) atoms. The Bertz CT molecular complexity index is 793. The normalized spacial score (nSPS) is 16.5. The number of carbonyl (C=O) groups is 2. The lowest BCUT2D eigenvalue weighted by Crippen LogP contribution is -2.20. The van der Waals surface area contributed by atoms with Gasteiger partial charge in [0.05, 0.1) is 5.00 Å². The van der Waals surface area contributed by atoms with Crippen molar-refractivity contribution in [3.8, 4) is 0 Å². The number of benzene rings is 1. The average molecular weight is 341 g/mol. The molecule has 1 aromatic carbocycles. The second kappa shape index (κ2) is 6.06. The summed E-state index contributed by atoms with van der Waals surface area (Å²) in [5, 5.41) is 12.4. The first-order valence-electron chi connectivity index (χ1n) is 8.42. The molecule has 0 saturated heterocycles. The SMILES string of the molecule is O=C(Nc1ccc(C(=O)O)s1)c1cc2c3c(c1)CCCC3CCC2. The molecule has 0 aliphatic heterocycles. The van der Waals surface area contributed by atoms with Gasteiger partial charge in [0.25, 0.3) is 5.91 Å². The van der Waals surface area contributed by atoms with Crippen molar-refractivity contribution in [2.75, 3.05) is 5.32 Å². The molecular weight excluding hydrogens is 322 g/mol. The van der Waals surface area contributed by atoms with Crippen molar-refractivity contribution in [1.82, 2.24) is 0 Å². The van der Waals surface area contributed by atoms with E-state index in [2.05, 4.69) is 5.32 Å². The first-order valence-corrected chi connectivity index (χ1v) is 9.23. The van der Waals surface area contributed by atoms with Gasteiger partial charge in [-0.15, -0.1) is 11.3 Å². The summed E-state index contributed by atoms with van der Waals surface area (Å²) in [6, 6.07) is 7.24. The molecule has 1 heterocycles. The lowest BCUT2D eigenvalue weighted by Gasteiger charge is -2.32. The zero-order valence-corrected chi connectivity index (χ0v) is 14.1. The number of anilines is 1. The van der Waals surface area contributed by atoms with Gasteiger partial charge >= 0.3 is 5.97 Å². The third-order valence-corrected chi connectivity index (χ3v) is 6.06. The molecule has 0 saturated carbocycles. The van der Waals surface area contributed by atoms with Crippen molar-refractivity contribution < 1.29 is 14.7 Å². The summed E-state index contributed by atoms with van der Waals surface area (Å²) in [6.07, 6.45) is 7.08. The number of thiophene rings is 1. The molecule has 0 spiro atoms. The molecule has 0 atom stereocenters. The van der Waals surface area contributed by atoms with Gasteiger partial charge in [0.15, 0.2) is 0 Å². The molecule has 2 aromatic rings. The summed E-state index contributed by atoms with van der Waals surface area (Å²) < 4.78 is 0. The van der Waals surface area contributed by atoms with Gasteiger partial charge in [-0.1, -0.05) is 0 Å². The maximum atomic E-state index is 12.6. The van der Waals surface area contributed by atoms with Crippen LogP contribution in [0.3, 0.4) is 0 Å². The van der Waals surface area contributed by atoms with Gasteiger partial charge < -0.3 is 10.4 Å². The fourth-order valence-corrected chi connectivity index (χ4v) is 4.80. The highest BCUT2D eigenvalue weighted by Gasteiger charge is 2.27. The summed E-state index contributed by atoms with van der Waals surface area (Å²) in [5.74, 6) is -0.435. The smallest absolute Gasteiger partial charge is 0.345 e. The van der Waals surface area contributed by atoms with E-state index in [-0.39, 0.29) is 10.8 Å². The molecule has 2 N–H and O–H groups in total. The standard InChI is InChI=1S/C19H19NO3S/c21-18(20-16-8-7-15(24-16)19(22)23)14-9-12-5-1-3-11-4-2-6-13(10-14)17(11)12/h7-11H,1-6H2,(H,20,21)(H,22,23). The molecular formula is C19H19NO3S. The van der Waals surface area contributed by atoms with E-state index in [1.54, 1.807) is 6.07 Å². The zero-order valence-electron chi connectivity index (χ0n) is 13.3. The topological polar surface area (TPSA) is 66.4 Å². The molecule has 4 nitrogen and oxygen atoms in total. The minimum atomic E-state index is -0.968. The highest BCUT2D eigenvalue weighted by molar-refractivity contribution is 7.18. The number of nitrogens with one attached hydrogen (secondary N) is 1. The van der Waals surface area contributed by atoms with Gasteiger partial charge in [-0.25, -0.2) is 4.79 Å². The van der Waals surface area contributed by atoms with Gasteiger partial charge in [0.1, 0.15) is 4.88 Å². The Balaban J connectivity index is 1.61. The van der Waals surface area contributed by atoms with Crippen LogP contribution in [-0.4, -0.2) is 17.0 Å². The van der Waals surface area contributed by atoms with E-state index in [0.29, 0.717) is 16.5 Å². The maximum absolute atomic E-state index is 12.6. The van der Waals surface area contributed by atoms with E-state index in [9.17, 15) is 9.59 Å². The first-order chi connectivity index (χ1) is 11.6. The Morgan fingerprint density at radius 2 is 1.75 bits per heavy atom. The number of carbonyl (C=O) groups excluding carboxylic acids is 1. The van der Waals surface area contributed by atoms with Crippen LogP contribution < -0.4 is 5.32 Å². The minimum Gasteiger partial charge on any atom is -0.477 e. The molecule has 0 fully saturated rings. The molecule has 1 amide bonds. The van der Waals surface area contributed by atoms with Crippen LogP contribution in [-0.2, 0) is 12.8 Å². The second-order valence-corrected chi connectivity index (χ2v) is 7.70. The second-order valence-electron chi connectivity index (χ2n) is 6.61. The van der Waals surface area contributed by atoms with Crippen LogP contribution >= 0.6 is 11.3 Å². The molecule has 0 unspecified atom stereocenters. The fraction of sp³-hybridized carbons (Fsp3) is 0.368. The number of carboxylic acids is 1. The van der Waals surface area contributed by atoms with Gasteiger partial charge in [0, 0.05) is 5.56 Å². The van der Waals surface area contributed by atoms with Gasteiger partial charge in [-0.2, -0.15) is 0 Å². The number of amides is 1. The van der Waals surface area contributed by atoms with E-state index in [4.69, 9.17) is 5.11 Å². The third-order valence-electron chi connectivity index (χ3n) is 5.07. The molecule has 2 aliphatic carbocycles. The van der Waals surface area contributed by atoms with Crippen molar-refractivity contribution in [3.63, 3.8) is 0 Å². The molecule has 4 rings (SSSR count). The Hall–Kier alpha value is -2.14. The lowest BCUT2D eigenvalue weighted by molar-refractivity contribution is 0.0702.